The Bertz CT molecular complexity index is 1410. The maximum atomic E-state index is 13.3. The summed E-state index contributed by atoms with van der Waals surface area (Å²) >= 11 is 0. The van der Waals surface area contributed by atoms with Gasteiger partial charge in [0.05, 0.1) is 40.5 Å². The van der Waals surface area contributed by atoms with E-state index < -0.39 is 17.5 Å². The lowest BCUT2D eigenvalue weighted by Gasteiger charge is -2.21. The van der Waals surface area contributed by atoms with E-state index >= 15 is 0 Å². The number of ether oxygens (including phenoxy) is 2. The van der Waals surface area contributed by atoms with Crippen molar-refractivity contribution < 1.29 is 24.0 Å². The predicted octanol–water partition coefficient (Wildman–Crippen LogP) is 3.52. The second-order valence-corrected chi connectivity index (χ2v) is 8.36. The van der Waals surface area contributed by atoms with E-state index in [1.807, 2.05) is 41.3 Å². The van der Waals surface area contributed by atoms with Crippen molar-refractivity contribution >= 4 is 34.2 Å². The second kappa shape index (κ2) is 13.0. The van der Waals surface area contributed by atoms with Crippen molar-refractivity contribution in [3.63, 3.8) is 0 Å². The van der Waals surface area contributed by atoms with Gasteiger partial charge in [0.25, 0.3) is 0 Å². The maximum Gasteiger partial charge on any atom is 0.344 e. The molecule has 0 aliphatic heterocycles. The number of hydrogen-bond acceptors (Lipinski definition) is 10. The third-order valence-electron chi connectivity index (χ3n) is 5.53. The summed E-state index contributed by atoms with van der Waals surface area (Å²) < 4.78 is 10.3. The number of carbonyl (C=O) groups excluding carboxylic acids is 2. The van der Waals surface area contributed by atoms with E-state index in [2.05, 4.69) is 20.3 Å². The van der Waals surface area contributed by atoms with Crippen LogP contribution in [0.2, 0.25) is 0 Å². The minimum absolute atomic E-state index is 0.0303. The van der Waals surface area contributed by atoms with Crippen LogP contribution in [0, 0.1) is 10.1 Å². The van der Waals surface area contributed by atoms with E-state index in [1.165, 1.54) is 24.4 Å². The summed E-state index contributed by atoms with van der Waals surface area (Å²) in [7, 11) is 0. The van der Waals surface area contributed by atoms with Gasteiger partial charge in [-0.1, -0.05) is 12.1 Å². The Hall–Kier alpha value is -4.97. The van der Waals surface area contributed by atoms with Gasteiger partial charge in [-0.2, -0.15) is 0 Å². The van der Waals surface area contributed by atoms with E-state index in [4.69, 9.17) is 9.47 Å². The molecular formula is C27H26N6O6. The summed E-state index contributed by atoms with van der Waals surface area (Å²) in [6.45, 7) is 1.99. The summed E-state index contributed by atoms with van der Waals surface area (Å²) in [6, 6.07) is 15.4. The van der Waals surface area contributed by atoms with Gasteiger partial charge in [-0.3, -0.25) is 34.8 Å². The molecule has 0 atom stereocenters. The van der Waals surface area contributed by atoms with Gasteiger partial charge in [-0.05, 0) is 43.3 Å². The van der Waals surface area contributed by atoms with Gasteiger partial charge in [0, 0.05) is 37.7 Å². The van der Waals surface area contributed by atoms with Crippen molar-refractivity contribution in [2.24, 2.45) is 0 Å². The van der Waals surface area contributed by atoms with Gasteiger partial charge >= 0.3 is 11.7 Å². The molecule has 1 aromatic carbocycles. The number of benzene rings is 1. The first-order valence-electron chi connectivity index (χ1n) is 12.1. The van der Waals surface area contributed by atoms with Crippen LogP contribution in [0.5, 0.6) is 5.75 Å². The summed E-state index contributed by atoms with van der Waals surface area (Å²) in [4.78, 5) is 51.2. The lowest BCUT2D eigenvalue weighted by Crippen LogP contribution is -2.33. The minimum Gasteiger partial charge on any atom is -0.475 e. The van der Waals surface area contributed by atoms with Gasteiger partial charge < -0.3 is 14.8 Å². The molecule has 0 fully saturated rings. The molecule has 0 unspecified atom stereocenters. The first-order valence-corrected chi connectivity index (χ1v) is 12.1. The number of nitro groups is 1. The number of rotatable bonds is 12. The molecule has 0 aliphatic carbocycles. The van der Waals surface area contributed by atoms with Crippen LogP contribution in [0.15, 0.2) is 73.2 Å². The number of pyridine rings is 3. The normalized spacial score (nSPS) is 10.8. The highest BCUT2D eigenvalue weighted by molar-refractivity contribution is 6.05. The Kier molecular flexibility index (Phi) is 9.03. The molecular weight excluding hydrogens is 504 g/mol. The zero-order chi connectivity index (χ0) is 27.6. The molecule has 0 saturated carbocycles. The van der Waals surface area contributed by atoms with E-state index in [-0.39, 0.29) is 47.1 Å². The number of nitro benzene ring substituents is 1. The van der Waals surface area contributed by atoms with Crippen LogP contribution in [-0.2, 0) is 27.4 Å². The van der Waals surface area contributed by atoms with Crippen LogP contribution in [0.1, 0.15) is 18.3 Å². The fourth-order valence-electron chi connectivity index (χ4n) is 3.95. The topological polar surface area (TPSA) is 150 Å². The van der Waals surface area contributed by atoms with Crippen LogP contribution in [0.4, 0.5) is 11.4 Å². The van der Waals surface area contributed by atoms with E-state index in [9.17, 15) is 19.7 Å². The van der Waals surface area contributed by atoms with Crippen molar-refractivity contribution in [1.29, 1.82) is 0 Å². The molecule has 3 heterocycles. The summed E-state index contributed by atoms with van der Waals surface area (Å²) in [5, 5.41) is 14.9. The molecule has 200 valence electrons. The zero-order valence-corrected chi connectivity index (χ0v) is 21.1. The molecule has 0 bridgehead atoms. The third-order valence-corrected chi connectivity index (χ3v) is 5.53. The molecule has 0 saturated heterocycles. The Labute approximate surface area is 223 Å². The molecule has 4 aromatic rings. The largest absolute Gasteiger partial charge is 0.475 e. The van der Waals surface area contributed by atoms with Crippen molar-refractivity contribution in [3.8, 4) is 5.75 Å². The average Bonchev–Trinajstić information content (AvgIpc) is 2.93. The highest BCUT2D eigenvalue weighted by Crippen LogP contribution is 2.39. The molecule has 0 radical (unpaired) electrons. The van der Waals surface area contributed by atoms with E-state index in [1.54, 1.807) is 19.3 Å². The smallest absolute Gasteiger partial charge is 0.344 e. The van der Waals surface area contributed by atoms with Crippen LogP contribution >= 0.6 is 0 Å². The van der Waals surface area contributed by atoms with Crippen LogP contribution in [0.3, 0.4) is 0 Å². The first kappa shape index (κ1) is 27.1. The maximum absolute atomic E-state index is 13.3. The number of carbonyl (C=O) groups is 2. The first-order chi connectivity index (χ1) is 18.9. The molecule has 0 aliphatic rings. The van der Waals surface area contributed by atoms with Gasteiger partial charge in [0.15, 0.2) is 6.61 Å². The SMILES string of the molecule is CCOC(=O)COc1cc(NC(=O)CN(Cc2ccccn2)Cc2ccccn2)c2ncccc2c1[N+](=O)[O-]. The highest BCUT2D eigenvalue weighted by Gasteiger charge is 2.25. The fourth-order valence-corrected chi connectivity index (χ4v) is 3.95. The standard InChI is InChI=1S/C27H26N6O6/c1-2-38-25(35)18-39-23-14-22(26-21(10-7-13-30-26)27(23)33(36)37)31-24(34)17-32(15-19-8-3-5-11-28-19)16-20-9-4-6-12-29-20/h3-14H,2,15-18H2,1H3,(H,31,34). The Morgan fingerprint density at radius 1 is 0.974 bits per heavy atom. The number of nitrogens with one attached hydrogen (secondary N) is 1. The van der Waals surface area contributed by atoms with Crippen molar-refractivity contribution in [2.45, 2.75) is 20.0 Å². The van der Waals surface area contributed by atoms with Gasteiger partial charge in [-0.25, -0.2) is 4.79 Å². The molecule has 4 rings (SSSR count). The number of anilines is 1. The van der Waals surface area contributed by atoms with E-state index in [0.29, 0.717) is 13.1 Å². The molecule has 39 heavy (non-hydrogen) atoms. The molecule has 12 heteroatoms. The van der Waals surface area contributed by atoms with Gasteiger partial charge in [-0.15, -0.1) is 0 Å². The third kappa shape index (κ3) is 7.29. The Morgan fingerprint density at radius 3 is 2.23 bits per heavy atom. The Balaban J connectivity index is 1.61. The minimum atomic E-state index is -0.677. The molecule has 12 nitrogen and oxygen atoms in total. The number of esters is 1. The summed E-state index contributed by atoms with van der Waals surface area (Å²) in [6.07, 6.45) is 4.83. The zero-order valence-electron chi connectivity index (χ0n) is 21.1. The van der Waals surface area contributed by atoms with Crippen LogP contribution in [0.25, 0.3) is 10.9 Å². The Morgan fingerprint density at radius 2 is 1.64 bits per heavy atom. The summed E-state index contributed by atoms with van der Waals surface area (Å²) in [5.74, 6) is -1.26. The molecule has 1 amide bonds. The molecule has 1 N–H and O–H groups in total. The van der Waals surface area contributed by atoms with Crippen molar-refractivity contribution in [2.75, 3.05) is 25.1 Å². The number of amides is 1. The quantitative estimate of drug-likeness (QED) is 0.164. The van der Waals surface area contributed by atoms with Crippen LogP contribution < -0.4 is 10.1 Å². The number of fused-ring (bicyclic) bond motifs is 1. The number of aromatic nitrogens is 3. The average molecular weight is 531 g/mol. The number of nitrogens with zero attached hydrogens (tertiary/aromatic N) is 5. The van der Waals surface area contributed by atoms with Gasteiger partial charge in [0.1, 0.15) is 5.52 Å². The lowest BCUT2D eigenvalue weighted by molar-refractivity contribution is -0.384. The lowest BCUT2D eigenvalue weighted by atomic mass is 10.1. The molecule has 0 spiro atoms. The fraction of sp³-hybridized carbons (Fsp3) is 0.222. The number of hydrogen-bond donors (Lipinski definition) is 1. The van der Waals surface area contributed by atoms with Crippen LogP contribution in [-0.4, -0.2) is 56.4 Å². The summed E-state index contributed by atoms with van der Waals surface area (Å²) in [5.41, 5.74) is 1.60. The molecule has 3 aromatic heterocycles. The van der Waals surface area contributed by atoms with Crippen molar-refractivity contribution in [3.05, 3.63) is 94.7 Å². The van der Waals surface area contributed by atoms with Crippen molar-refractivity contribution in [1.82, 2.24) is 19.9 Å². The monoisotopic (exact) mass is 530 g/mol. The predicted molar refractivity (Wildman–Crippen MR) is 142 cm³/mol. The van der Waals surface area contributed by atoms with E-state index in [0.717, 1.165) is 11.4 Å². The van der Waals surface area contributed by atoms with Gasteiger partial charge in [0.2, 0.25) is 11.7 Å². The highest BCUT2D eigenvalue weighted by atomic mass is 16.6. The second-order valence-electron chi connectivity index (χ2n) is 8.36.